The number of piperidine rings is 1. The van der Waals surface area contributed by atoms with E-state index in [1.54, 1.807) is 23.0 Å². The molecule has 4 nitrogen and oxygen atoms in total. The second kappa shape index (κ2) is 7.12. The lowest BCUT2D eigenvalue weighted by Crippen LogP contribution is -2.39. The molecule has 2 aromatic carbocycles. The van der Waals surface area contributed by atoms with Crippen LogP contribution in [0.4, 0.5) is 4.39 Å². The molecular formula is C21H20FN3O. The Morgan fingerprint density at radius 2 is 1.85 bits per heavy atom. The first kappa shape index (κ1) is 16.5. The molecule has 132 valence electrons. The summed E-state index contributed by atoms with van der Waals surface area (Å²) in [5, 5.41) is 4.27. The maximum atomic E-state index is 13.4. The lowest BCUT2D eigenvalue weighted by Gasteiger charge is -2.36. The molecule has 3 aromatic rings. The topological polar surface area (TPSA) is 38.1 Å². The summed E-state index contributed by atoms with van der Waals surface area (Å²) >= 11 is 0. The van der Waals surface area contributed by atoms with Crippen molar-refractivity contribution < 1.29 is 9.18 Å². The molecule has 5 heteroatoms. The van der Waals surface area contributed by atoms with Gasteiger partial charge in [0.2, 0.25) is 0 Å². The molecule has 0 saturated carbocycles. The molecule has 1 aliphatic heterocycles. The summed E-state index contributed by atoms with van der Waals surface area (Å²) in [5.74, 6) is -0.267. The normalized spacial score (nSPS) is 17.3. The minimum absolute atomic E-state index is 0.00914. The van der Waals surface area contributed by atoms with E-state index in [1.807, 2.05) is 41.4 Å². The highest BCUT2D eigenvalue weighted by Crippen LogP contribution is 2.33. The molecule has 4 rings (SSSR count). The van der Waals surface area contributed by atoms with Crippen LogP contribution in [-0.4, -0.2) is 27.1 Å². The standard InChI is InChI=1S/C21H20FN3O/c22-17-11-9-16(10-12-17)19-7-3-4-14-24(19)21(26)18-6-1-2-8-20(18)25-15-5-13-23-25/h1-2,5-6,8-13,15,19H,3-4,7,14H2/t19-/m1/s1. The number of amides is 1. The minimum atomic E-state index is -0.258. The molecule has 26 heavy (non-hydrogen) atoms. The molecule has 1 saturated heterocycles. The van der Waals surface area contributed by atoms with Gasteiger partial charge in [-0.05, 0) is 55.2 Å². The Kier molecular flexibility index (Phi) is 4.52. The second-order valence-corrected chi connectivity index (χ2v) is 6.53. The highest BCUT2D eigenvalue weighted by Gasteiger charge is 2.30. The number of hydrogen-bond acceptors (Lipinski definition) is 2. The predicted molar refractivity (Wildman–Crippen MR) is 97.6 cm³/mol. The lowest BCUT2D eigenvalue weighted by atomic mass is 9.94. The van der Waals surface area contributed by atoms with Gasteiger partial charge in [0.15, 0.2) is 0 Å². The van der Waals surface area contributed by atoms with Crippen LogP contribution in [0.15, 0.2) is 67.0 Å². The third-order valence-corrected chi connectivity index (χ3v) is 4.90. The number of nitrogens with zero attached hydrogens (tertiary/aromatic N) is 3. The number of halogens is 1. The Morgan fingerprint density at radius 3 is 2.62 bits per heavy atom. The lowest BCUT2D eigenvalue weighted by molar-refractivity contribution is 0.0611. The van der Waals surface area contributed by atoms with Crippen LogP contribution in [-0.2, 0) is 0 Å². The zero-order valence-corrected chi connectivity index (χ0v) is 14.4. The van der Waals surface area contributed by atoms with E-state index < -0.39 is 0 Å². The highest BCUT2D eigenvalue weighted by atomic mass is 19.1. The van der Waals surface area contributed by atoms with E-state index in [1.165, 1.54) is 12.1 Å². The Balaban J connectivity index is 1.69. The quantitative estimate of drug-likeness (QED) is 0.704. The molecule has 0 bridgehead atoms. The average Bonchev–Trinajstić information content (AvgIpc) is 3.23. The van der Waals surface area contributed by atoms with E-state index in [0.29, 0.717) is 12.1 Å². The molecule has 0 radical (unpaired) electrons. The fraction of sp³-hybridized carbons (Fsp3) is 0.238. The third-order valence-electron chi connectivity index (χ3n) is 4.90. The maximum Gasteiger partial charge on any atom is 0.256 e. The summed E-state index contributed by atoms with van der Waals surface area (Å²) in [6.07, 6.45) is 6.46. The van der Waals surface area contributed by atoms with E-state index >= 15 is 0 Å². The van der Waals surface area contributed by atoms with E-state index in [4.69, 9.17) is 0 Å². The van der Waals surface area contributed by atoms with Gasteiger partial charge in [0.1, 0.15) is 5.82 Å². The van der Waals surface area contributed by atoms with Crippen LogP contribution in [0.1, 0.15) is 41.2 Å². The summed E-state index contributed by atoms with van der Waals surface area (Å²) in [7, 11) is 0. The predicted octanol–water partition coefficient (Wildman–Crippen LogP) is 4.38. The summed E-state index contributed by atoms with van der Waals surface area (Å²) in [6, 6.07) is 15.8. The fourth-order valence-corrected chi connectivity index (χ4v) is 3.63. The Hall–Kier alpha value is -2.95. The van der Waals surface area contributed by atoms with Crippen molar-refractivity contribution in [2.24, 2.45) is 0 Å². The van der Waals surface area contributed by atoms with Crippen molar-refractivity contribution >= 4 is 5.91 Å². The van der Waals surface area contributed by atoms with Crippen molar-refractivity contribution in [1.29, 1.82) is 0 Å². The zero-order chi connectivity index (χ0) is 17.9. The number of likely N-dealkylation sites (tertiary alicyclic amines) is 1. The second-order valence-electron chi connectivity index (χ2n) is 6.53. The molecule has 1 aromatic heterocycles. The number of aromatic nitrogens is 2. The third kappa shape index (κ3) is 3.12. The molecule has 1 aliphatic rings. The number of carbonyl (C=O) groups excluding carboxylic acids is 1. The number of carbonyl (C=O) groups is 1. The molecule has 0 spiro atoms. The smallest absolute Gasteiger partial charge is 0.256 e. The Bertz CT molecular complexity index is 890. The Labute approximate surface area is 151 Å². The van der Waals surface area contributed by atoms with Crippen LogP contribution in [0.5, 0.6) is 0 Å². The number of benzene rings is 2. The molecule has 1 fully saturated rings. The summed E-state index contributed by atoms with van der Waals surface area (Å²) < 4.78 is 15.0. The van der Waals surface area contributed by atoms with Gasteiger partial charge in [-0.2, -0.15) is 5.10 Å². The molecule has 0 unspecified atom stereocenters. The van der Waals surface area contributed by atoms with Crippen molar-refractivity contribution in [1.82, 2.24) is 14.7 Å². The summed E-state index contributed by atoms with van der Waals surface area (Å²) in [4.78, 5) is 15.3. The van der Waals surface area contributed by atoms with Crippen LogP contribution in [0.2, 0.25) is 0 Å². The van der Waals surface area contributed by atoms with E-state index in [-0.39, 0.29) is 17.8 Å². The van der Waals surface area contributed by atoms with Crippen LogP contribution < -0.4 is 0 Å². The SMILES string of the molecule is O=C(c1ccccc1-n1cccn1)N1CCCC[C@@H]1c1ccc(F)cc1. The van der Waals surface area contributed by atoms with Crippen LogP contribution >= 0.6 is 0 Å². The van der Waals surface area contributed by atoms with Crippen LogP contribution in [0.25, 0.3) is 5.69 Å². The van der Waals surface area contributed by atoms with Gasteiger partial charge in [-0.25, -0.2) is 9.07 Å². The van der Waals surface area contributed by atoms with Crippen molar-refractivity contribution in [2.45, 2.75) is 25.3 Å². The first-order valence-electron chi connectivity index (χ1n) is 8.89. The molecular weight excluding hydrogens is 329 g/mol. The van der Waals surface area contributed by atoms with Crippen molar-refractivity contribution in [3.05, 3.63) is 83.9 Å². The van der Waals surface area contributed by atoms with Gasteiger partial charge in [-0.15, -0.1) is 0 Å². The zero-order valence-electron chi connectivity index (χ0n) is 14.4. The minimum Gasteiger partial charge on any atom is -0.332 e. The molecule has 0 aliphatic carbocycles. The molecule has 0 N–H and O–H groups in total. The van der Waals surface area contributed by atoms with Gasteiger partial charge in [-0.3, -0.25) is 4.79 Å². The van der Waals surface area contributed by atoms with Crippen molar-refractivity contribution in [3.8, 4) is 5.69 Å². The van der Waals surface area contributed by atoms with Gasteiger partial charge < -0.3 is 4.90 Å². The van der Waals surface area contributed by atoms with Gasteiger partial charge in [-0.1, -0.05) is 24.3 Å². The number of rotatable bonds is 3. The first-order chi connectivity index (χ1) is 12.7. The fourth-order valence-electron chi connectivity index (χ4n) is 3.63. The number of hydrogen-bond donors (Lipinski definition) is 0. The number of para-hydroxylation sites is 1. The molecule has 2 heterocycles. The van der Waals surface area contributed by atoms with Gasteiger partial charge in [0.25, 0.3) is 5.91 Å². The van der Waals surface area contributed by atoms with Gasteiger partial charge in [0, 0.05) is 18.9 Å². The summed E-state index contributed by atoms with van der Waals surface area (Å²) in [6.45, 7) is 0.703. The highest BCUT2D eigenvalue weighted by molar-refractivity contribution is 5.98. The monoisotopic (exact) mass is 349 g/mol. The molecule has 1 amide bonds. The van der Waals surface area contributed by atoms with E-state index in [2.05, 4.69) is 5.10 Å². The largest absolute Gasteiger partial charge is 0.332 e. The maximum absolute atomic E-state index is 13.4. The van der Waals surface area contributed by atoms with Crippen LogP contribution in [0.3, 0.4) is 0 Å². The average molecular weight is 349 g/mol. The van der Waals surface area contributed by atoms with E-state index in [0.717, 1.165) is 30.5 Å². The summed E-state index contributed by atoms with van der Waals surface area (Å²) in [5.41, 5.74) is 2.38. The van der Waals surface area contributed by atoms with Crippen molar-refractivity contribution in [3.63, 3.8) is 0 Å². The van der Waals surface area contributed by atoms with Gasteiger partial charge in [0.05, 0.1) is 17.3 Å². The van der Waals surface area contributed by atoms with Crippen molar-refractivity contribution in [2.75, 3.05) is 6.54 Å². The van der Waals surface area contributed by atoms with Crippen LogP contribution in [0, 0.1) is 5.82 Å². The van der Waals surface area contributed by atoms with Gasteiger partial charge >= 0.3 is 0 Å². The molecule has 1 atom stereocenters. The Morgan fingerprint density at radius 1 is 1.04 bits per heavy atom. The van der Waals surface area contributed by atoms with E-state index in [9.17, 15) is 9.18 Å². The first-order valence-corrected chi connectivity index (χ1v) is 8.89.